The number of hydrogen-bond donors (Lipinski definition) is 1. The highest BCUT2D eigenvalue weighted by Crippen LogP contribution is 2.35. The second kappa shape index (κ2) is 9.02. The number of hydrogen-bond acceptors (Lipinski definition) is 2. The predicted octanol–water partition coefficient (Wildman–Crippen LogP) is 5.07. The first-order valence-electron chi connectivity index (χ1n) is 10.1. The Morgan fingerprint density at radius 3 is 2.65 bits per heavy atom. The zero-order chi connectivity index (χ0) is 18.4. The summed E-state index contributed by atoms with van der Waals surface area (Å²) in [6.45, 7) is 2.10. The van der Waals surface area contributed by atoms with Gasteiger partial charge in [-0.15, -0.1) is 0 Å². The van der Waals surface area contributed by atoms with E-state index >= 15 is 0 Å². The number of rotatable bonds is 7. The molecule has 3 rings (SSSR count). The Morgan fingerprint density at radius 2 is 1.96 bits per heavy atom. The third-order valence-electron chi connectivity index (χ3n) is 5.59. The number of amides is 1. The molecule has 4 heteroatoms. The lowest BCUT2D eigenvalue weighted by Gasteiger charge is -2.21. The third-order valence-corrected chi connectivity index (χ3v) is 5.59. The maximum Gasteiger partial charge on any atom is 0.227 e. The minimum Gasteiger partial charge on any atom is -0.323 e. The summed E-state index contributed by atoms with van der Waals surface area (Å²) >= 11 is 0. The molecule has 1 aromatic heterocycles. The summed E-state index contributed by atoms with van der Waals surface area (Å²) < 4.78 is 1.84. The maximum absolute atomic E-state index is 12.9. The van der Waals surface area contributed by atoms with Crippen LogP contribution in [0.4, 0.5) is 5.69 Å². The van der Waals surface area contributed by atoms with E-state index in [2.05, 4.69) is 41.6 Å². The molecule has 1 N–H and O–H groups in total. The molecule has 1 aromatic carbocycles. The van der Waals surface area contributed by atoms with E-state index in [1.54, 1.807) is 0 Å². The van der Waals surface area contributed by atoms with E-state index < -0.39 is 0 Å². The number of aromatic nitrogens is 2. The van der Waals surface area contributed by atoms with Crippen molar-refractivity contribution < 1.29 is 4.79 Å². The average molecular weight is 354 g/mol. The van der Waals surface area contributed by atoms with Crippen LogP contribution in [0, 0.1) is 5.92 Å². The molecule has 1 aliphatic rings. The number of aryl methyl sites for hydroxylation is 2. The molecule has 0 spiro atoms. The lowest BCUT2D eigenvalue weighted by molar-refractivity contribution is -0.120. The summed E-state index contributed by atoms with van der Waals surface area (Å²) in [4.78, 5) is 12.9. The van der Waals surface area contributed by atoms with Crippen molar-refractivity contribution in [2.45, 2.75) is 64.2 Å². The fourth-order valence-corrected chi connectivity index (χ4v) is 4.02. The summed E-state index contributed by atoms with van der Waals surface area (Å²) in [5.41, 5.74) is 3.30. The highest BCUT2D eigenvalue weighted by atomic mass is 16.1. The van der Waals surface area contributed by atoms with E-state index in [0.717, 1.165) is 30.6 Å². The standard InChI is InChI=1S/C22H31N3O/c1-3-18(15-14-17-10-6-4-7-11-17)22(26)23-20-16-25(2)24-21(20)19-12-8-5-9-13-19/h4,6-7,10-11,16,18-19H,3,5,8-9,12-15H2,1-2H3,(H,23,26). The van der Waals surface area contributed by atoms with Crippen molar-refractivity contribution in [1.82, 2.24) is 9.78 Å². The zero-order valence-electron chi connectivity index (χ0n) is 16.1. The van der Waals surface area contributed by atoms with Gasteiger partial charge in [0.05, 0.1) is 11.4 Å². The van der Waals surface area contributed by atoms with Crippen LogP contribution in [0.5, 0.6) is 0 Å². The Morgan fingerprint density at radius 1 is 1.23 bits per heavy atom. The van der Waals surface area contributed by atoms with Crippen molar-refractivity contribution in [1.29, 1.82) is 0 Å². The number of carbonyl (C=O) groups excluding carboxylic acids is 1. The number of carbonyl (C=O) groups is 1. The van der Waals surface area contributed by atoms with Crippen LogP contribution in [0.2, 0.25) is 0 Å². The van der Waals surface area contributed by atoms with Crippen LogP contribution >= 0.6 is 0 Å². The van der Waals surface area contributed by atoms with Crippen molar-refractivity contribution in [3.05, 3.63) is 47.8 Å². The van der Waals surface area contributed by atoms with Gasteiger partial charge in [0.15, 0.2) is 0 Å². The van der Waals surface area contributed by atoms with E-state index in [1.165, 1.54) is 37.7 Å². The van der Waals surface area contributed by atoms with E-state index in [1.807, 2.05) is 24.0 Å². The highest BCUT2D eigenvalue weighted by Gasteiger charge is 2.24. The Balaban J connectivity index is 1.64. The van der Waals surface area contributed by atoms with Gasteiger partial charge in [-0.05, 0) is 37.7 Å². The van der Waals surface area contributed by atoms with Gasteiger partial charge in [-0.1, -0.05) is 56.5 Å². The van der Waals surface area contributed by atoms with Crippen molar-refractivity contribution in [2.24, 2.45) is 13.0 Å². The first kappa shape index (κ1) is 18.7. The van der Waals surface area contributed by atoms with E-state index in [9.17, 15) is 4.79 Å². The minimum absolute atomic E-state index is 0.0367. The van der Waals surface area contributed by atoms with Crippen LogP contribution < -0.4 is 5.32 Å². The first-order valence-corrected chi connectivity index (χ1v) is 10.1. The number of benzene rings is 1. The highest BCUT2D eigenvalue weighted by molar-refractivity contribution is 5.93. The molecule has 0 saturated heterocycles. The third kappa shape index (κ3) is 4.75. The average Bonchev–Trinajstić information content (AvgIpc) is 3.04. The minimum atomic E-state index is 0.0367. The van der Waals surface area contributed by atoms with E-state index in [-0.39, 0.29) is 11.8 Å². The molecule has 4 nitrogen and oxygen atoms in total. The Labute approximate surface area is 157 Å². The summed E-state index contributed by atoms with van der Waals surface area (Å²) in [5.74, 6) is 0.660. The van der Waals surface area contributed by atoms with Crippen LogP contribution in [0.15, 0.2) is 36.5 Å². The molecular weight excluding hydrogens is 322 g/mol. The quantitative estimate of drug-likeness (QED) is 0.756. The zero-order valence-corrected chi connectivity index (χ0v) is 16.1. The van der Waals surface area contributed by atoms with Crippen LogP contribution in [0.25, 0.3) is 0 Å². The summed E-state index contributed by atoms with van der Waals surface area (Å²) in [5, 5.41) is 7.86. The smallest absolute Gasteiger partial charge is 0.227 e. The van der Waals surface area contributed by atoms with Crippen molar-refractivity contribution in [2.75, 3.05) is 5.32 Å². The van der Waals surface area contributed by atoms with Gasteiger partial charge in [-0.3, -0.25) is 9.48 Å². The normalized spacial score (nSPS) is 16.4. The summed E-state index contributed by atoms with van der Waals surface area (Å²) in [6, 6.07) is 10.4. The molecule has 1 saturated carbocycles. The molecule has 0 bridgehead atoms. The predicted molar refractivity (Wildman–Crippen MR) is 106 cm³/mol. The molecule has 1 amide bonds. The SMILES string of the molecule is CCC(CCc1ccccc1)C(=O)Nc1cn(C)nc1C1CCCCC1. The second-order valence-corrected chi connectivity index (χ2v) is 7.56. The first-order chi connectivity index (χ1) is 12.7. The summed E-state index contributed by atoms with van der Waals surface area (Å²) in [6.07, 6.45) is 10.9. The Hall–Kier alpha value is -2.10. The molecule has 1 aliphatic carbocycles. The number of nitrogens with zero attached hydrogens (tertiary/aromatic N) is 2. The molecule has 1 unspecified atom stereocenters. The second-order valence-electron chi connectivity index (χ2n) is 7.56. The molecule has 26 heavy (non-hydrogen) atoms. The fraction of sp³-hybridized carbons (Fsp3) is 0.545. The lowest BCUT2D eigenvalue weighted by atomic mass is 9.86. The van der Waals surface area contributed by atoms with E-state index in [4.69, 9.17) is 0 Å². The van der Waals surface area contributed by atoms with E-state index in [0.29, 0.717) is 5.92 Å². The Bertz CT molecular complexity index is 701. The molecule has 2 aromatic rings. The van der Waals surface area contributed by atoms with Crippen LogP contribution in [-0.4, -0.2) is 15.7 Å². The van der Waals surface area contributed by atoms with Gasteiger partial charge >= 0.3 is 0 Å². The monoisotopic (exact) mass is 353 g/mol. The molecule has 140 valence electrons. The van der Waals surface area contributed by atoms with Crippen LogP contribution in [0.1, 0.15) is 69.0 Å². The summed E-state index contributed by atoms with van der Waals surface area (Å²) in [7, 11) is 1.94. The number of nitrogens with one attached hydrogen (secondary N) is 1. The van der Waals surface area contributed by atoms with Crippen molar-refractivity contribution >= 4 is 11.6 Å². The van der Waals surface area contributed by atoms with Gasteiger partial charge in [0.25, 0.3) is 0 Å². The molecule has 1 atom stereocenters. The molecule has 1 fully saturated rings. The molecule has 0 radical (unpaired) electrons. The van der Waals surface area contributed by atoms with Crippen LogP contribution in [-0.2, 0) is 18.3 Å². The lowest BCUT2D eigenvalue weighted by Crippen LogP contribution is -2.23. The van der Waals surface area contributed by atoms with Gasteiger partial charge in [0, 0.05) is 25.1 Å². The van der Waals surface area contributed by atoms with Gasteiger partial charge in [0.2, 0.25) is 5.91 Å². The molecule has 0 aliphatic heterocycles. The topological polar surface area (TPSA) is 46.9 Å². The molecule has 1 heterocycles. The van der Waals surface area contributed by atoms with Crippen molar-refractivity contribution in [3.8, 4) is 0 Å². The fourth-order valence-electron chi connectivity index (χ4n) is 4.02. The Kier molecular flexibility index (Phi) is 6.48. The van der Waals surface area contributed by atoms with Gasteiger partial charge in [-0.2, -0.15) is 5.10 Å². The van der Waals surface area contributed by atoms with Gasteiger partial charge in [0.1, 0.15) is 0 Å². The number of anilines is 1. The van der Waals surface area contributed by atoms with Gasteiger partial charge < -0.3 is 5.32 Å². The van der Waals surface area contributed by atoms with Gasteiger partial charge in [-0.25, -0.2) is 0 Å². The molecular formula is C22H31N3O. The largest absolute Gasteiger partial charge is 0.323 e. The maximum atomic E-state index is 12.9. The van der Waals surface area contributed by atoms with Crippen LogP contribution in [0.3, 0.4) is 0 Å². The van der Waals surface area contributed by atoms with Crippen molar-refractivity contribution in [3.63, 3.8) is 0 Å².